The van der Waals surface area contributed by atoms with Gasteiger partial charge in [-0.15, -0.1) is 0 Å². The molecule has 214 valence electrons. The van der Waals surface area contributed by atoms with Crippen LogP contribution in [0.2, 0.25) is 10.0 Å². The number of halogens is 2. The van der Waals surface area contributed by atoms with Gasteiger partial charge in [0, 0.05) is 35.6 Å². The van der Waals surface area contributed by atoms with Gasteiger partial charge < -0.3 is 15.0 Å². The van der Waals surface area contributed by atoms with Gasteiger partial charge in [0.25, 0.3) is 0 Å². The third kappa shape index (κ3) is 8.50. The number of para-hydroxylation sites is 2. The molecule has 0 aliphatic heterocycles. The van der Waals surface area contributed by atoms with E-state index in [0.29, 0.717) is 33.5 Å². The van der Waals surface area contributed by atoms with Crippen molar-refractivity contribution < 1.29 is 22.7 Å². The van der Waals surface area contributed by atoms with Crippen LogP contribution in [-0.2, 0) is 26.2 Å². The van der Waals surface area contributed by atoms with E-state index in [2.05, 4.69) is 5.32 Å². The number of hydrogen-bond donors (Lipinski definition) is 1. The number of rotatable bonds is 13. The van der Waals surface area contributed by atoms with Crippen LogP contribution in [0.15, 0.2) is 42.5 Å². The first-order chi connectivity index (χ1) is 18.5. The molecule has 0 saturated heterocycles. The van der Waals surface area contributed by atoms with E-state index in [1.54, 1.807) is 47.4 Å². The van der Waals surface area contributed by atoms with Gasteiger partial charge in [-0.05, 0) is 55.5 Å². The van der Waals surface area contributed by atoms with Crippen LogP contribution in [0, 0.1) is 0 Å². The van der Waals surface area contributed by atoms with Crippen molar-refractivity contribution in [2.75, 3.05) is 24.2 Å². The number of ether oxygens (including phenoxy) is 1. The highest BCUT2D eigenvalue weighted by molar-refractivity contribution is 7.92. The second-order valence-corrected chi connectivity index (χ2v) is 12.5. The lowest BCUT2D eigenvalue weighted by atomic mass is 10.1. The molecule has 11 heteroatoms. The number of anilines is 1. The summed E-state index contributed by atoms with van der Waals surface area (Å²) in [5.41, 5.74) is 1.08. The maximum absolute atomic E-state index is 13.6. The first-order valence-electron chi connectivity index (χ1n) is 13.2. The summed E-state index contributed by atoms with van der Waals surface area (Å²) in [6.45, 7) is 2.08. The molecule has 0 spiro atoms. The van der Waals surface area contributed by atoms with Crippen LogP contribution in [0.3, 0.4) is 0 Å². The van der Waals surface area contributed by atoms with Crippen molar-refractivity contribution in [3.63, 3.8) is 0 Å². The van der Waals surface area contributed by atoms with Crippen molar-refractivity contribution >= 4 is 50.7 Å². The molecule has 2 amide bonds. The molecule has 3 rings (SSSR count). The number of nitrogens with zero attached hydrogens (tertiary/aromatic N) is 2. The molecule has 0 bridgehead atoms. The molecule has 8 nitrogen and oxygen atoms in total. The van der Waals surface area contributed by atoms with Crippen molar-refractivity contribution in [1.82, 2.24) is 10.2 Å². The minimum Gasteiger partial charge on any atom is -0.495 e. The predicted octanol–water partition coefficient (Wildman–Crippen LogP) is 5.41. The molecular formula is C28H37Cl2N3O5S. The van der Waals surface area contributed by atoms with Crippen LogP contribution in [-0.4, -0.2) is 57.1 Å². The zero-order valence-electron chi connectivity index (χ0n) is 22.7. The number of amides is 2. The molecule has 39 heavy (non-hydrogen) atoms. The fourth-order valence-corrected chi connectivity index (χ4v) is 6.38. The molecular weight excluding hydrogens is 561 g/mol. The summed E-state index contributed by atoms with van der Waals surface area (Å²) in [5.74, 6) is -0.0274. The summed E-state index contributed by atoms with van der Waals surface area (Å²) in [5, 5.41) is 4.00. The molecule has 1 N–H and O–H groups in total. The Hall–Kier alpha value is -2.49. The number of methoxy groups -OCH3 is 1. The van der Waals surface area contributed by atoms with Crippen molar-refractivity contribution in [3.8, 4) is 5.75 Å². The minimum absolute atomic E-state index is 0.0413. The molecule has 2 aromatic rings. The average Bonchev–Trinajstić information content (AvgIpc) is 3.40. The van der Waals surface area contributed by atoms with E-state index in [4.69, 9.17) is 27.9 Å². The molecule has 1 aliphatic carbocycles. The molecule has 0 radical (unpaired) electrons. The molecule has 2 aromatic carbocycles. The molecule has 1 aliphatic rings. The molecule has 1 saturated carbocycles. The third-order valence-electron chi connectivity index (χ3n) is 6.95. The highest BCUT2D eigenvalue weighted by atomic mass is 35.5. The highest BCUT2D eigenvalue weighted by Gasteiger charge is 2.31. The van der Waals surface area contributed by atoms with Gasteiger partial charge in [-0.3, -0.25) is 13.9 Å². The van der Waals surface area contributed by atoms with Gasteiger partial charge in [-0.25, -0.2) is 8.42 Å². The molecule has 1 atom stereocenters. The van der Waals surface area contributed by atoms with E-state index in [9.17, 15) is 18.0 Å². The highest BCUT2D eigenvalue weighted by Crippen LogP contribution is 2.30. The summed E-state index contributed by atoms with van der Waals surface area (Å²) in [6.07, 6.45) is 5.85. The summed E-state index contributed by atoms with van der Waals surface area (Å²) in [7, 11) is -2.16. The van der Waals surface area contributed by atoms with Crippen molar-refractivity contribution in [2.24, 2.45) is 0 Å². The first kappa shape index (κ1) is 31.0. The summed E-state index contributed by atoms with van der Waals surface area (Å²) < 4.78 is 31.8. The number of benzene rings is 2. The summed E-state index contributed by atoms with van der Waals surface area (Å²) >= 11 is 12.5. The summed E-state index contributed by atoms with van der Waals surface area (Å²) in [6, 6.07) is 11.3. The van der Waals surface area contributed by atoms with E-state index in [-0.39, 0.29) is 43.8 Å². The monoisotopic (exact) mass is 597 g/mol. The number of sulfonamides is 1. The van der Waals surface area contributed by atoms with Gasteiger partial charge in [-0.2, -0.15) is 0 Å². The quantitative estimate of drug-likeness (QED) is 0.333. The van der Waals surface area contributed by atoms with E-state index >= 15 is 0 Å². The van der Waals surface area contributed by atoms with Crippen molar-refractivity contribution in [1.29, 1.82) is 0 Å². The van der Waals surface area contributed by atoms with Crippen LogP contribution in [0.25, 0.3) is 0 Å². The number of carbonyl (C=O) groups is 2. The molecule has 0 aromatic heterocycles. The molecule has 0 heterocycles. The Kier molecular flexibility index (Phi) is 11.3. The largest absolute Gasteiger partial charge is 0.495 e. The van der Waals surface area contributed by atoms with Gasteiger partial charge in [0.1, 0.15) is 11.8 Å². The Labute approximate surface area is 241 Å². The Morgan fingerprint density at radius 2 is 1.82 bits per heavy atom. The fourth-order valence-electron chi connectivity index (χ4n) is 4.94. The van der Waals surface area contributed by atoms with E-state index in [0.717, 1.165) is 31.9 Å². The average molecular weight is 599 g/mol. The van der Waals surface area contributed by atoms with Gasteiger partial charge in [0.05, 0.1) is 19.1 Å². The first-order valence-corrected chi connectivity index (χ1v) is 15.8. The molecule has 1 fully saturated rings. The Morgan fingerprint density at radius 1 is 1.13 bits per heavy atom. The second-order valence-electron chi connectivity index (χ2n) is 9.78. The van der Waals surface area contributed by atoms with Crippen LogP contribution in [0.1, 0.15) is 57.4 Å². The lowest BCUT2D eigenvalue weighted by Gasteiger charge is -2.32. The van der Waals surface area contributed by atoms with Gasteiger partial charge in [0.2, 0.25) is 21.8 Å². The smallest absolute Gasteiger partial charge is 0.243 e. The maximum Gasteiger partial charge on any atom is 0.243 e. The Bertz CT molecular complexity index is 1250. The topological polar surface area (TPSA) is 96.0 Å². The Morgan fingerprint density at radius 3 is 2.44 bits per heavy atom. The standard InChI is InChI=1S/C28H37Cl2N3O5S/c1-4-24(28(35)31-22-10-5-6-11-22)32(19-20-15-16-21(29)18-23(20)30)27(34)14-9-17-33(39(3,36)37)25-12-7-8-13-26(25)38-2/h7-8,12-13,15-16,18,22,24H,4-6,9-11,14,17,19H2,1-3H3,(H,31,35)/t24-/m0/s1. The van der Waals surface area contributed by atoms with E-state index < -0.39 is 16.1 Å². The lowest BCUT2D eigenvalue weighted by Crippen LogP contribution is -2.51. The van der Waals surface area contributed by atoms with E-state index in [1.807, 2.05) is 6.92 Å². The van der Waals surface area contributed by atoms with Crippen LogP contribution in [0.4, 0.5) is 5.69 Å². The maximum atomic E-state index is 13.6. The number of hydrogen-bond acceptors (Lipinski definition) is 5. The van der Waals surface area contributed by atoms with E-state index in [1.165, 1.54) is 11.4 Å². The zero-order valence-corrected chi connectivity index (χ0v) is 25.0. The van der Waals surface area contributed by atoms with Gasteiger partial charge in [0.15, 0.2) is 0 Å². The molecule has 0 unspecified atom stereocenters. The number of carbonyl (C=O) groups excluding carboxylic acids is 2. The second kappa shape index (κ2) is 14.2. The minimum atomic E-state index is -3.64. The summed E-state index contributed by atoms with van der Waals surface area (Å²) in [4.78, 5) is 28.5. The van der Waals surface area contributed by atoms with Gasteiger partial charge >= 0.3 is 0 Å². The zero-order chi connectivity index (χ0) is 28.6. The number of nitrogens with one attached hydrogen (secondary N) is 1. The van der Waals surface area contributed by atoms with Crippen molar-refractivity contribution in [3.05, 3.63) is 58.1 Å². The van der Waals surface area contributed by atoms with Crippen LogP contribution in [0.5, 0.6) is 5.75 Å². The SMILES string of the molecule is CC[C@@H](C(=O)NC1CCCC1)N(Cc1ccc(Cl)cc1Cl)C(=O)CCCN(c1ccccc1OC)S(C)(=O)=O. The fraction of sp³-hybridized carbons (Fsp3) is 0.500. The third-order valence-corrected chi connectivity index (χ3v) is 8.72. The van der Waals surface area contributed by atoms with Crippen LogP contribution < -0.4 is 14.4 Å². The van der Waals surface area contributed by atoms with Gasteiger partial charge in [-0.1, -0.05) is 61.2 Å². The van der Waals surface area contributed by atoms with Crippen LogP contribution >= 0.6 is 23.2 Å². The normalized spacial score (nSPS) is 14.6. The Balaban J connectivity index is 1.80. The van der Waals surface area contributed by atoms with Crippen molar-refractivity contribution in [2.45, 2.75) is 70.5 Å². The predicted molar refractivity (Wildman–Crippen MR) is 156 cm³/mol. The lowest BCUT2D eigenvalue weighted by molar-refractivity contribution is -0.141.